The topological polar surface area (TPSA) is 35.8 Å². The minimum absolute atomic E-state index is 0.589. The molecule has 1 aliphatic heterocycles. The van der Waals surface area contributed by atoms with E-state index in [1.165, 1.54) is 25.1 Å². The summed E-state index contributed by atoms with van der Waals surface area (Å²) in [4.78, 5) is 9.46. The van der Waals surface area contributed by atoms with E-state index < -0.39 is 0 Å². The summed E-state index contributed by atoms with van der Waals surface area (Å²) >= 11 is 3.53. The molecule has 124 valence electrons. The van der Waals surface area contributed by atoms with Gasteiger partial charge in [-0.05, 0) is 55.4 Å². The Labute approximate surface area is 142 Å². The van der Waals surface area contributed by atoms with Crippen LogP contribution in [0.2, 0.25) is 0 Å². The maximum atomic E-state index is 4.85. The van der Waals surface area contributed by atoms with Gasteiger partial charge in [0.2, 0.25) is 0 Å². The van der Waals surface area contributed by atoms with Crippen molar-refractivity contribution in [1.29, 1.82) is 0 Å². The lowest BCUT2D eigenvalue weighted by Crippen LogP contribution is -2.40. The van der Waals surface area contributed by atoms with Crippen molar-refractivity contribution >= 4 is 21.9 Å². The summed E-state index contributed by atoms with van der Waals surface area (Å²) in [6, 6.07) is 2.75. The van der Waals surface area contributed by atoms with Crippen LogP contribution in [0.4, 0.5) is 0 Å². The van der Waals surface area contributed by atoms with Gasteiger partial charge < -0.3 is 19.7 Å². The minimum atomic E-state index is 0.589. The van der Waals surface area contributed by atoms with Crippen LogP contribution < -0.4 is 5.32 Å². The average molecular weight is 370 g/mol. The van der Waals surface area contributed by atoms with Crippen molar-refractivity contribution in [2.75, 3.05) is 33.7 Å². The van der Waals surface area contributed by atoms with Crippen LogP contribution in [0.3, 0.4) is 0 Å². The first-order chi connectivity index (χ1) is 10.5. The lowest BCUT2D eigenvalue weighted by atomic mass is 10.2. The number of nitrogens with zero attached hydrogens (tertiary/aromatic N) is 4. The molecule has 22 heavy (non-hydrogen) atoms. The fourth-order valence-electron chi connectivity index (χ4n) is 2.91. The number of nitrogens with one attached hydrogen (secondary N) is 1. The molecule has 0 saturated carbocycles. The van der Waals surface area contributed by atoms with E-state index in [0.717, 1.165) is 30.1 Å². The highest BCUT2D eigenvalue weighted by molar-refractivity contribution is 9.10. The highest BCUT2D eigenvalue weighted by Gasteiger charge is 2.20. The molecule has 2 heterocycles. The molecule has 1 N–H and O–H groups in total. The SMILES string of the molecule is CCNC(=NCC1CCCN1C)N(C)Cc1cc(Br)cn1C. The molecule has 5 nitrogen and oxygen atoms in total. The largest absolute Gasteiger partial charge is 0.357 e. The Kier molecular flexibility index (Phi) is 6.32. The molecule has 0 radical (unpaired) electrons. The first-order valence-corrected chi connectivity index (χ1v) is 8.81. The van der Waals surface area contributed by atoms with Gasteiger partial charge in [-0.1, -0.05) is 0 Å². The number of hydrogen-bond donors (Lipinski definition) is 1. The Balaban J connectivity index is 2.00. The fraction of sp³-hybridized carbons (Fsp3) is 0.688. The quantitative estimate of drug-likeness (QED) is 0.638. The van der Waals surface area contributed by atoms with Crippen LogP contribution in [0.15, 0.2) is 21.7 Å². The molecule has 1 aromatic heterocycles. The van der Waals surface area contributed by atoms with E-state index in [2.05, 4.69) is 75.9 Å². The second-order valence-electron chi connectivity index (χ2n) is 6.09. The van der Waals surface area contributed by atoms with E-state index in [9.17, 15) is 0 Å². The second kappa shape index (κ2) is 8.02. The highest BCUT2D eigenvalue weighted by Crippen LogP contribution is 2.16. The van der Waals surface area contributed by atoms with Crippen molar-refractivity contribution in [2.45, 2.75) is 32.4 Å². The third-order valence-electron chi connectivity index (χ3n) is 4.29. The van der Waals surface area contributed by atoms with Gasteiger partial charge in [-0.25, -0.2) is 0 Å². The summed E-state index contributed by atoms with van der Waals surface area (Å²) < 4.78 is 3.27. The van der Waals surface area contributed by atoms with Crippen molar-refractivity contribution in [1.82, 2.24) is 19.7 Å². The molecule has 0 aliphatic carbocycles. The van der Waals surface area contributed by atoms with Crippen molar-refractivity contribution < 1.29 is 0 Å². The Morgan fingerprint density at radius 3 is 2.82 bits per heavy atom. The Morgan fingerprint density at radius 1 is 1.50 bits per heavy atom. The molecule has 2 rings (SSSR count). The molecule has 1 unspecified atom stereocenters. The summed E-state index contributed by atoms with van der Waals surface area (Å²) in [6.45, 7) is 5.92. The van der Waals surface area contributed by atoms with Crippen LogP contribution in [-0.4, -0.2) is 60.1 Å². The standard InChI is InChI=1S/C16H28BrN5/c1-5-18-16(19-10-14-7-6-8-20(14)2)22(4)12-15-9-13(17)11-21(15)3/h9,11,14H,5-8,10,12H2,1-4H3,(H,18,19). The van der Waals surface area contributed by atoms with E-state index in [4.69, 9.17) is 4.99 Å². The highest BCUT2D eigenvalue weighted by atomic mass is 79.9. The number of rotatable bonds is 5. The minimum Gasteiger partial charge on any atom is -0.357 e. The molecular formula is C16H28BrN5. The maximum absolute atomic E-state index is 4.85. The van der Waals surface area contributed by atoms with E-state index >= 15 is 0 Å². The lowest BCUT2D eigenvalue weighted by molar-refractivity contribution is 0.316. The summed E-state index contributed by atoms with van der Waals surface area (Å²) in [6.07, 6.45) is 4.63. The zero-order valence-electron chi connectivity index (χ0n) is 14.1. The molecule has 1 atom stereocenters. The van der Waals surface area contributed by atoms with Gasteiger partial charge in [-0.3, -0.25) is 4.99 Å². The number of guanidine groups is 1. The van der Waals surface area contributed by atoms with E-state index in [0.29, 0.717) is 6.04 Å². The monoisotopic (exact) mass is 369 g/mol. The smallest absolute Gasteiger partial charge is 0.194 e. The molecule has 0 aromatic carbocycles. The number of likely N-dealkylation sites (N-methyl/N-ethyl adjacent to an activating group) is 1. The van der Waals surface area contributed by atoms with E-state index in [1.54, 1.807) is 0 Å². The zero-order chi connectivity index (χ0) is 16.1. The van der Waals surface area contributed by atoms with Crippen molar-refractivity contribution in [2.24, 2.45) is 12.0 Å². The fourth-order valence-corrected chi connectivity index (χ4v) is 3.48. The molecule has 1 aliphatic rings. The molecule has 0 bridgehead atoms. The van der Waals surface area contributed by atoms with Crippen molar-refractivity contribution in [3.05, 3.63) is 22.4 Å². The number of aromatic nitrogens is 1. The predicted molar refractivity (Wildman–Crippen MR) is 96.2 cm³/mol. The number of aryl methyl sites for hydroxylation is 1. The van der Waals surface area contributed by atoms with Crippen LogP contribution in [0.25, 0.3) is 0 Å². The molecular weight excluding hydrogens is 342 g/mol. The summed E-state index contributed by atoms with van der Waals surface area (Å²) in [5.41, 5.74) is 1.26. The van der Waals surface area contributed by atoms with E-state index in [1.807, 2.05) is 0 Å². The number of likely N-dealkylation sites (tertiary alicyclic amines) is 1. The van der Waals surface area contributed by atoms with Crippen LogP contribution in [0, 0.1) is 0 Å². The van der Waals surface area contributed by atoms with Crippen molar-refractivity contribution in [3.63, 3.8) is 0 Å². The lowest BCUT2D eigenvalue weighted by Gasteiger charge is -2.24. The van der Waals surface area contributed by atoms with E-state index in [-0.39, 0.29) is 0 Å². The van der Waals surface area contributed by atoms with Crippen LogP contribution in [0.1, 0.15) is 25.5 Å². The zero-order valence-corrected chi connectivity index (χ0v) is 15.7. The molecule has 6 heteroatoms. The normalized spacial score (nSPS) is 19.7. The second-order valence-corrected chi connectivity index (χ2v) is 7.00. The third kappa shape index (κ3) is 4.49. The van der Waals surface area contributed by atoms with Gasteiger partial charge >= 0.3 is 0 Å². The van der Waals surface area contributed by atoms with Crippen LogP contribution in [0.5, 0.6) is 0 Å². The Bertz CT molecular complexity index is 511. The van der Waals surface area contributed by atoms with Crippen molar-refractivity contribution in [3.8, 4) is 0 Å². The van der Waals surface area contributed by atoms with Gasteiger partial charge in [0.05, 0.1) is 13.1 Å². The van der Waals surface area contributed by atoms with Crippen LogP contribution in [-0.2, 0) is 13.6 Å². The third-order valence-corrected chi connectivity index (χ3v) is 4.73. The summed E-state index contributed by atoms with van der Waals surface area (Å²) in [5, 5.41) is 3.40. The molecule has 1 saturated heterocycles. The molecule has 1 fully saturated rings. The van der Waals surface area contributed by atoms with Gasteiger partial charge in [-0.15, -0.1) is 0 Å². The number of aliphatic imine (C=N–C) groups is 1. The Morgan fingerprint density at radius 2 is 2.27 bits per heavy atom. The molecule has 0 amide bonds. The summed E-state index contributed by atoms with van der Waals surface area (Å²) in [5.74, 6) is 0.986. The summed E-state index contributed by atoms with van der Waals surface area (Å²) in [7, 11) is 6.37. The van der Waals surface area contributed by atoms with Crippen LogP contribution >= 0.6 is 15.9 Å². The van der Waals surface area contributed by atoms with Gasteiger partial charge in [0.1, 0.15) is 0 Å². The molecule has 0 spiro atoms. The first-order valence-electron chi connectivity index (χ1n) is 8.01. The number of halogens is 1. The van der Waals surface area contributed by atoms with Gasteiger partial charge in [0.15, 0.2) is 5.96 Å². The average Bonchev–Trinajstić information content (AvgIpc) is 3.00. The molecule has 1 aromatic rings. The van der Waals surface area contributed by atoms with Gasteiger partial charge in [0, 0.05) is 43.0 Å². The maximum Gasteiger partial charge on any atom is 0.194 e. The van der Waals surface area contributed by atoms with Gasteiger partial charge in [-0.2, -0.15) is 0 Å². The van der Waals surface area contributed by atoms with Gasteiger partial charge in [0.25, 0.3) is 0 Å². The Hall–Kier alpha value is -1.01. The first kappa shape index (κ1) is 17.3. The predicted octanol–water partition coefficient (Wildman–Crippen LogP) is 2.28. The number of hydrogen-bond acceptors (Lipinski definition) is 2.